The Labute approximate surface area is 130 Å². The summed E-state index contributed by atoms with van der Waals surface area (Å²) in [5, 5.41) is 3.25. The van der Waals surface area contributed by atoms with E-state index >= 15 is 0 Å². The van der Waals surface area contributed by atoms with Crippen LogP contribution >= 0.6 is 11.3 Å². The van der Waals surface area contributed by atoms with Gasteiger partial charge in [-0.1, -0.05) is 12.1 Å². The van der Waals surface area contributed by atoms with E-state index in [-0.39, 0.29) is 0 Å². The van der Waals surface area contributed by atoms with Crippen molar-refractivity contribution in [2.75, 3.05) is 33.8 Å². The maximum Gasteiger partial charge on any atom is 0.118 e. The van der Waals surface area contributed by atoms with Gasteiger partial charge >= 0.3 is 0 Å². The molecule has 21 heavy (non-hydrogen) atoms. The van der Waals surface area contributed by atoms with E-state index in [9.17, 15) is 0 Å². The quantitative estimate of drug-likeness (QED) is 0.868. The van der Waals surface area contributed by atoms with Gasteiger partial charge in [0, 0.05) is 37.3 Å². The Morgan fingerprint density at radius 2 is 2.10 bits per heavy atom. The molecule has 0 spiro atoms. The van der Waals surface area contributed by atoms with E-state index in [0.29, 0.717) is 6.04 Å². The summed E-state index contributed by atoms with van der Waals surface area (Å²) in [4.78, 5) is 9.32. The Morgan fingerprint density at radius 3 is 2.76 bits per heavy atom. The molecule has 1 fully saturated rings. The van der Waals surface area contributed by atoms with Gasteiger partial charge in [-0.25, -0.2) is 4.98 Å². The molecular weight excluding hydrogens is 282 g/mol. The van der Waals surface area contributed by atoms with Crippen LogP contribution in [0.2, 0.25) is 0 Å². The summed E-state index contributed by atoms with van der Waals surface area (Å²) in [6, 6.07) is 8.87. The van der Waals surface area contributed by atoms with Crippen molar-refractivity contribution in [2.24, 2.45) is 0 Å². The second kappa shape index (κ2) is 6.56. The van der Waals surface area contributed by atoms with Crippen molar-refractivity contribution in [2.45, 2.75) is 12.6 Å². The molecule has 1 saturated heterocycles. The monoisotopic (exact) mass is 303 g/mol. The minimum atomic E-state index is 0.435. The minimum absolute atomic E-state index is 0.435. The molecule has 0 aliphatic carbocycles. The Bertz CT molecular complexity index is 555. The van der Waals surface area contributed by atoms with Gasteiger partial charge in [-0.15, -0.1) is 11.3 Å². The van der Waals surface area contributed by atoms with E-state index in [2.05, 4.69) is 34.0 Å². The van der Waals surface area contributed by atoms with Gasteiger partial charge in [0.15, 0.2) is 0 Å². The Hall–Kier alpha value is -1.43. The Morgan fingerprint density at radius 1 is 1.29 bits per heavy atom. The van der Waals surface area contributed by atoms with Crippen molar-refractivity contribution in [3.63, 3.8) is 0 Å². The first kappa shape index (κ1) is 14.5. The second-order valence-corrected chi connectivity index (χ2v) is 6.41. The highest BCUT2D eigenvalue weighted by molar-refractivity contribution is 7.09. The van der Waals surface area contributed by atoms with Crippen molar-refractivity contribution < 1.29 is 4.74 Å². The highest BCUT2D eigenvalue weighted by Gasteiger charge is 2.26. The highest BCUT2D eigenvalue weighted by atomic mass is 32.1. The van der Waals surface area contributed by atoms with E-state index in [1.807, 2.05) is 23.7 Å². The highest BCUT2D eigenvalue weighted by Crippen LogP contribution is 2.26. The molecule has 5 heteroatoms. The topological polar surface area (TPSA) is 28.6 Å². The average Bonchev–Trinajstić information content (AvgIpc) is 3.02. The Balaban J connectivity index is 1.70. The first-order chi connectivity index (χ1) is 10.3. The van der Waals surface area contributed by atoms with Crippen LogP contribution in [0.3, 0.4) is 0 Å². The third-order valence-corrected chi connectivity index (χ3v) is 4.84. The lowest BCUT2D eigenvalue weighted by Crippen LogP contribution is -2.46. The molecule has 2 aromatic rings. The molecule has 2 heterocycles. The average molecular weight is 303 g/mol. The molecular formula is C16H21N3OS. The molecule has 0 N–H and O–H groups in total. The van der Waals surface area contributed by atoms with E-state index in [1.54, 1.807) is 18.4 Å². The van der Waals surface area contributed by atoms with Gasteiger partial charge in [-0.2, -0.15) is 0 Å². The van der Waals surface area contributed by atoms with E-state index in [1.165, 1.54) is 10.6 Å². The molecule has 0 amide bonds. The van der Waals surface area contributed by atoms with Crippen LogP contribution in [0.15, 0.2) is 35.8 Å². The molecule has 1 aromatic carbocycles. The number of hydrogen-bond acceptors (Lipinski definition) is 5. The minimum Gasteiger partial charge on any atom is -0.497 e. The lowest BCUT2D eigenvalue weighted by Gasteiger charge is -2.39. The maximum absolute atomic E-state index is 5.24. The van der Waals surface area contributed by atoms with E-state index in [4.69, 9.17) is 4.74 Å². The zero-order valence-electron chi connectivity index (χ0n) is 12.5. The van der Waals surface area contributed by atoms with Crippen LogP contribution in [0.1, 0.15) is 16.6 Å². The summed E-state index contributed by atoms with van der Waals surface area (Å²) in [5.41, 5.74) is 1.35. The number of methoxy groups -OCH3 is 1. The van der Waals surface area contributed by atoms with Crippen molar-refractivity contribution in [1.82, 2.24) is 14.8 Å². The Kier molecular flexibility index (Phi) is 4.53. The summed E-state index contributed by atoms with van der Waals surface area (Å²) < 4.78 is 5.24. The van der Waals surface area contributed by atoms with E-state index in [0.717, 1.165) is 31.9 Å². The smallest absolute Gasteiger partial charge is 0.118 e. The summed E-state index contributed by atoms with van der Waals surface area (Å²) in [6.07, 6.45) is 1.89. The zero-order valence-corrected chi connectivity index (χ0v) is 13.3. The fraction of sp³-hybridized carbons (Fsp3) is 0.438. The number of nitrogens with zero attached hydrogens (tertiary/aromatic N) is 3. The van der Waals surface area contributed by atoms with Gasteiger partial charge < -0.3 is 4.74 Å². The summed E-state index contributed by atoms with van der Waals surface area (Å²) in [7, 11) is 3.91. The normalized spacial score (nSPS) is 20.6. The van der Waals surface area contributed by atoms with Gasteiger partial charge in [0.2, 0.25) is 0 Å². The van der Waals surface area contributed by atoms with Gasteiger partial charge in [-0.05, 0) is 24.7 Å². The number of hydrogen-bond donors (Lipinski definition) is 0. The molecule has 1 aliphatic rings. The third kappa shape index (κ3) is 3.43. The molecule has 1 unspecified atom stereocenters. The number of piperazine rings is 1. The first-order valence-corrected chi connectivity index (χ1v) is 8.09. The molecule has 3 rings (SSSR count). The van der Waals surface area contributed by atoms with Crippen molar-refractivity contribution in [3.8, 4) is 5.75 Å². The van der Waals surface area contributed by atoms with Gasteiger partial charge in [0.25, 0.3) is 0 Å². The number of likely N-dealkylation sites (N-methyl/N-ethyl adjacent to an activating group) is 1. The van der Waals surface area contributed by atoms with Gasteiger partial charge in [0.05, 0.1) is 13.7 Å². The summed E-state index contributed by atoms with van der Waals surface area (Å²) >= 11 is 1.74. The summed E-state index contributed by atoms with van der Waals surface area (Å²) in [5.74, 6) is 0.914. The number of ether oxygens (including phenoxy) is 1. The van der Waals surface area contributed by atoms with E-state index < -0.39 is 0 Å². The van der Waals surface area contributed by atoms with Crippen molar-refractivity contribution >= 4 is 11.3 Å². The van der Waals surface area contributed by atoms with Crippen LogP contribution < -0.4 is 4.74 Å². The standard InChI is InChI=1S/C16H21N3OS/c1-18-8-9-19(12-16-17-7-10-21-16)11-15(18)13-3-5-14(20-2)6-4-13/h3-7,10,15H,8-9,11-12H2,1-2H3. The van der Waals surface area contributed by atoms with Gasteiger partial charge in [0.1, 0.15) is 10.8 Å². The number of aromatic nitrogens is 1. The molecule has 0 bridgehead atoms. The molecule has 1 aliphatic heterocycles. The zero-order chi connectivity index (χ0) is 14.7. The van der Waals surface area contributed by atoms with Crippen molar-refractivity contribution in [3.05, 3.63) is 46.4 Å². The van der Waals surface area contributed by atoms with Crippen LogP contribution in [0, 0.1) is 0 Å². The van der Waals surface area contributed by atoms with Crippen molar-refractivity contribution in [1.29, 1.82) is 0 Å². The summed E-state index contributed by atoms with van der Waals surface area (Å²) in [6.45, 7) is 4.19. The second-order valence-electron chi connectivity index (χ2n) is 5.43. The molecule has 0 saturated carbocycles. The lowest BCUT2D eigenvalue weighted by atomic mass is 10.0. The molecule has 1 aromatic heterocycles. The van der Waals surface area contributed by atoms with Gasteiger partial charge in [-0.3, -0.25) is 9.80 Å². The fourth-order valence-corrected chi connectivity index (χ4v) is 3.44. The van der Waals surface area contributed by atoms with Crippen LogP contribution in [0.5, 0.6) is 5.75 Å². The van der Waals surface area contributed by atoms with Crippen LogP contribution in [0.25, 0.3) is 0 Å². The lowest BCUT2D eigenvalue weighted by molar-refractivity contribution is 0.0904. The molecule has 0 radical (unpaired) electrons. The third-order valence-electron chi connectivity index (χ3n) is 4.08. The SMILES string of the molecule is COc1ccc(C2CN(Cc3nccs3)CCN2C)cc1. The largest absolute Gasteiger partial charge is 0.497 e. The predicted octanol–water partition coefficient (Wildman–Crippen LogP) is 2.64. The first-order valence-electron chi connectivity index (χ1n) is 7.21. The number of thiazole rings is 1. The molecule has 112 valence electrons. The predicted molar refractivity (Wildman–Crippen MR) is 85.8 cm³/mol. The fourth-order valence-electron chi connectivity index (χ4n) is 2.78. The van der Waals surface area contributed by atoms with Crippen LogP contribution in [-0.4, -0.2) is 48.6 Å². The van der Waals surface area contributed by atoms with Crippen LogP contribution in [0.4, 0.5) is 0 Å². The number of benzene rings is 1. The molecule has 4 nitrogen and oxygen atoms in total. The van der Waals surface area contributed by atoms with Crippen LogP contribution in [-0.2, 0) is 6.54 Å². The number of rotatable bonds is 4. The maximum atomic E-state index is 5.24. The molecule has 1 atom stereocenters.